The average molecular weight is 565 g/mol. The summed E-state index contributed by atoms with van der Waals surface area (Å²) in [6.45, 7) is 7.20. The van der Waals surface area contributed by atoms with Crippen LogP contribution in [0.15, 0.2) is 64.2 Å². The Morgan fingerprint density at radius 1 is 0.951 bits per heavy atom. The number of hydrogen-bond acceptors (Lipinski definition) is 7. The first kappa shape index (κ1) is 31.6. The van der Waals surface area contributed by atoms with Crippen molar-refractivity contribution >= 4 is 11.8 Å². The quantitative estimate of drug-likeness (QED) is 0.167. The molecule has 1 aromatic heterocycles. The van der Waals surface area contributed by atoms with Crippen LogP contribution in [-0.4, -0.2) is 39.6 Å². The largest absolute Gasteiger partial charge is 0.487 e. The third kappa shape index (κ3) is 10.6. The Morgan fingerprint density at radius 2 is 1.71 bits per heavy atom. The lowest BCUT2D eigenvalue weighted by molar-refractivity contribution is -0.145. The highest BCUT2D eigenvalue weighted by molar-refractivity contribution is 5.68. The molecule has 222 valence electrons. The summed E-state index contributed by atoms with van der Waals surface area (Å²) in [6, 6.07) is 17.5. The first-order valence-electron chi connectivity index (χ1n) is 14.8. The Labute approximate surface area is 242 Å². The summed E-state index contributed by atoms with van der Waals surface area (Å²) >= 11 is 0. The minimum Gasteiger partial charge on any atom is -0.487 e. The lowest BCUT2D eigenvalue weighted by atomic mass is 10.1. The van der Waals surface area contributed by atoms with Crippen molar-refractivity contribution in [1.82, 2.24) is 14.3 Å². The molecule has 0 saturated carbocycles. The Morgan fingerprint density at radius 3 is 2.46 bits per heavy atom. The first-order valence-corrected chi connectivity index (χ1v) is 14.8. The fraction of sp³-hybridized carbons (Fsp3) is 0.500. The minimum absolute atomic E-state index is 0.196. The highest BCUT2D eigenvalue weighted by Crippen LogP contribution is 2.16. The van der Waals surface area contributed by atoms with E-state index in [1.165, 1.54) is 9.25 Å². The van der Waals surface area contributed by atoms with E-state index in [9.17, 15) is 14.4 Å². The van der Waals surface area contributed by atoms with Crippen molar-refractivity contribution < 1.29 is 14.3 Å². The number of nitrogens with zero attached hydrogens (tertiary/aromatic N) is 3. The van der Waals surface area contributed by atoms with E-state index in [-0.39, 0.29) is 35.7 Å². The van der Waals surface area contributed by atoms with Gasteiger partial charge in [-0.3, -0.25) is 14.2 Å². The highest BCUT2D eigenvalue weighted by Gasteiger charge is 2.14. The molecule has 1 heterocycles. The molecule has 9 heteroatoms. The van der Waals surface area contributed by atoms with Gasteiger partial charge in [-0.1, -0.05) is 82.0 Å². The number of carbonyl (C=O) groups is 1. The van der Waals surface area contributed by atoms with E-state index in [2.05, 4.69) is 17.3 Å². The van der Waals surface area contributed by atoms with Crippen LogP contribution in [0.3, 0.4) is 0 Å². The van der Waals surface area contributed by atoms with Gasteiger partial charge in [0.1, 0.15) is 18.5 Å². The van der Waals surface area contributed by atoms with Crippen LogP contribution >= 0.6 is 0 Å². The molecule has 0 bridgehead atoms. The van der Waals surface area contributed by atoms with Gasteiger partial charge in [-0.2, -0.15) is 0 Å². The van der Waals surface area contributed by atoms with E-state index in [4.69, 9.17) is 9.47 Å². The zero-order valence-electron chi connectivity index (χ0n) is 24.6. The molecule has 3 rings (SSSR count). The molecule has 0 radical (unpaired) electrons. The molecule has 0 amide bonds. The Bertz CT molecular complexity index is 1340. The maximum atomic E-state index is 13.2. The Balaban J connectivity index is 1.63. The molecule has 0 fully saturated rings. The standard InChI is InChI=1S/C32H44N4O5/c1-4-6-7-8-12-21-35-31(38)30(34-36(32(35)39)23-27-15-10-9-11-16-27)33-20-14-18-26-17-13-19-28(22-26)41-25(3)24-40-29(37)5-2/h9-11,13,15-17,19,22,25H,4-8,12,14,18,20-21,23-24H2,1-3H3,(H,33,34). The summed E-state index contributed by atoms with van der Waals surface area (Å²) in [6.07, 6.45) is 6.75. The van der Waals surface area contributed by atoms with Crippen LogP contribution < -0.4 is 21.3 Å². The van der Waals surface area contributed by atoms with E-state index in [1.54, 1.807) is 6.92 Å². The van der Waals surface area contributed by atoms with Gasteiger partial charge in [0, 0.05) is 19.5 Å². The number of aryl methyl sites for hydroxylation is 1. The molecule has 3 aromatic rings. The molecule has 0 aliphatic carbocycles. The molecule has 1 N–H and O–H groups in total. The molecule has 0 aliphatic heterocycles. The lowest BCUT2D eigenvalue weighted by Gasteiger charge is -2.15. The minimum atomic E-state index is -0.379. The van der Waals surface area contributed by atoms with E-state index < -0.39 is 0 Å². The summed E-state index contributed by atoms with van der Waals surface area (Å²) in [7, 11) is 0. The normalized spacial score (nSPS) is 11.7. The number of esters is 1. The molecule has 9 nitrogen and oxygen atoms in total. The second-order valence-corrected chi connectivity index (χ2v) is 10.3. The SMILES string of the molecule is CCCCCCCn1c(=O)c(NCCCc2cccc(OC(C)COC(=O)CC)c2)nn(Cc2ccccc2)c1=O. The number of rotatable bonds is 18. The van der Waals surface area contributed by atoms with Crippen LogP contribution in [-0.2, 0) is 29.0 Å². The molecular formula is C32H44N4O5. The van der Waals surface area contributed by atoms with Crippen molar-refractivity contribution in [3.63, 3.8) is 0 Å². The van der Waals surface area contributed by atoms with Gasteiger partial charge in [0.2, 0.25) is 5.82 Å². The second kappa shape index (κ2) is 17.0. The van der Waals surface area contributed by atoms with Crippen molar-refractivity contribution in [1.29, 1.82) is 0 Å². The lowest BCUT2D eigenvalue weighted by Crippen LogP contribution is -2.43. The summed E-state index contributed by atoms with van der Waals surface area (Å²) in [4.78, 5) is 37.8. The smallest absolute Gasteiger partial charge is 0.347 e. The number of ether oxygens (including phenoxy) is 2. The van der Waals surface area contributed by atoms with Crippen molar-refractivity contribution in [2.24, 2.45) is 0 Å². The molecule has 0 aliphatic rings. The van der Waals surface area contributed by atoms with Crippen LogP contribution in [0.2, 0.25) is 0 Å². The maximum absolute atomic E-state index is 13.2. The van der Waals surface area contributed by atoms with Crippen molar-refractivity contribution in [2.45, 2.75) is 91.3 Å². The van der Waals surface area contributed by atoms with E-state index in [0.717, 1.165) is 56.1 Å². The van der Waals surface area contributed by atoms with Gasteiger partial charge >= 0.3 is 11.7 Å². The topological polar surface area (TPSA) is 104 Å². The van der Waals surface area contributed by atoms with E-state index in [1.807, 2.05) is 61.5 Å². The van der Waals surface area contributed by atoms with Gasteiger partial charge in [0.15, 0.2) is 0 Å². The van der Waals surface area contributed by atoms with Crippen LogP contribution in [0.4, 0.5) is 5.82 Å². The van der Waals surface area contributed by atoms with Crippen LogP contribution in [0, 0.1) is 0 Å². The zero-order valence-corrected chi connectivity index (χ0v) is 24.6. The van der Waals surface area contributed by atoms with Gasteiger partial charge in [0.05, 0.1) is 6.54 Å². The third-order valence-corrected chi connectivity index (χ3v) is 6.72. The average Bonchev–Trinajstić information content (AvgIpc) is 2.98. The highest BCUT2D eigenvalue weighted by atomic mass is 16.6. The van der Waals surface area contributed by atoms with E-state index >= 15 is 0 Å². The maximum Gasteiger partial charge on any atom is 0.347 e. The third-order valence-electron chi connectivity index (χ3n) is 6.72. The van der Waals surface area contributed by atoms with Gasteiger partial charge < -0.3 is 14.8 Å². The van der Waals surface area contributed by atoms with Gasteiger partial charge in [-0.25, -0.2) is 9.48 Å². The fourth-order valence-electron chi connectivity index (χ4n) is 4.45. The van der Waals surface area contributed by atoms with Crippen LogP contribution in [0.5, 0.6) is 5.75 Å². The summed E-state index contributed by atoms with van der Waals surface area (Å²) < 4.78 is 13.8. The van der Waals surface area contributed by atoms with Crippen LogP contribution in [0.25, 0.3) is 0 Å². The number of unbranched alkanes of at least 4 members (excludes halogenated alkanes) is 4. The molecule has 1 atom stereocenters. The predicted molar refractivity (Wildman–Crippen MR) is 162 cm³/mol. The molecule has 41 heavy (non-hydrogen) atoms. The van der Waals surface area contributed by atoms with Crippen molar-refractivity contribution in [3.8, 4) is 5.75 Å². The number of anilines is 1. The number of nitrogens with one attached hydrogen (secondary N) is 1. The summed E-state index contributed by atoms with van der Waals surface area (Å²) in [5.74, 6) is 0.666. The first-order chi connectivity index (χ1) is 19.9. The van der Waals surface area contributed by atoms with Crippen molar-refractivity contribution in [3.05, 3.63) is 86.6 Å². The second-order valence-electron chi connectivity index (χ2n) is 10.3. The molecule has 1 unspecified atom stereocenters. The number of hydrogen-bond donors (Lipinski definition) is 1. The predicted octanol–water partition coefficient (Wildman–Crippen LogP) is 5.19. The van der Waals surface area contributed by atoms with Crippen molar-refractivity contribution in [2.75, 3.05) is 18.5 Å². The Kier molecular flexibility index (Phi) is 13.2. The Hall–Kier alpha value is -3.88. The summed E-state index contributed by atoms with van der Waals surface area (Å²) in [5.41, 5.74) is 1.29. The van der Waals surface area contributed by atoms with Crippen LogP contribution in [0.1, 0.15) is 76.8 Å². The number of aromatic nitrogens is 3. The van der Waals surface area contributed by atoms with E-state index in [0.29, 0.717) is 31.8 Å². The zero-order chi connectivity index (χ0) is 29.5. The van der Waals surface area contributed by atoms with Gasteiger partial charge in [-0.15, -0.1) is 5.10 Å². The molecule has 0 saturated heterocycles. The number of carbonyl (C=O) groups excluding carboxylic acids is 1. The van der Waals surface area contributed by atoms with Gasteiger partial charge in [-0.05, 0) is 49.4 Å². The monoisotopic (exact) mass is 564 g/mol. The molecule has 0 spiro atoms. The van der Waals surface area contributed by atoms with Gasteiger partial charge in [0.25, 0.3) is 5.56 Å². The molecule has 2 aromatic carbocycles. The molecular weight excluding hydrogens is 520 g/mol. The summed E-state index contributed by atoms with van der Waals surface area (Å²) in [5, 5.41) is 7.60. The number of benzene rings is 2. The fourth-order valence-corrected chi connectivity index (χ4v) is 4.45.